The number of allylic oxidation sites excluding steroid dienone is 4. The molecule has 100 valence electrons. The van der Waals surface area contributed by atoms with Gasteiger partial charge in [0.25, 0.3) is 0 Å². The third kappa shape index (κ3) is 2.12. The van der Waals surface area contributed by atoms with Gasteiger partial charge >= 0.3 is 0 Å². The maximum Gasteiger partial charge on any atom is 0.0374 e. The fourth-order valence-electron chi connectivity index (χ4n) is 3.21. The second-order valence-electron chi connectivity index (χ2n) is 5.91. The van der Waals surface area contributed by atoms with Crippen LogP contribution in [0.2, 0.25) is 0 Å². The molecule has 1 aliphatic rings. The molecule has 0 N–H and O–H groups in total. The summed E-state index contributed by atoms with van der Waals surface area (Å²) in [6, 6.07) is 21.5. The summed E-state index contributed by atoms with van der Waals surface area (Å²) >= 11 is 0. The van der Waals surface area contributed by atoms with Crippen LogP contribution in [0.5, 0.6) is 0 Å². The fraction of sp³-hybridized carbons (Fsp3) is 0.200. The summed E-state index contributed by atoms with van der Waals surface area (Å²) < 4.78 is 0. The molecule has 0 nitrogen and oxygen atoms in total. The van der Waals surface area contributed by atoms with Gasteiger partial charge in [-0.2, -0.15) is 0 Å². The summed E-state index contributed by atoms with van der Waals surface area (Å²) in [6.45, 7) is 6.67. The van der Waals surface area contributed by atoms with Crippen molar-refractivity contribution in [3.63, 3.8) is 0 Å². The van der Waals surface area contributed by atoms with E-state index in [1.54, 1.807) is 0 Å². The lowest BCUT2D eigenvalue weighted by Gasteiger charge is -2.10. The average Bonchev–Trinajstić information content (AvgIpc) is 3.05. The molecule has 20 heavy (non-hydrogen) atoms. The van der Waals surface area contributed by atoms with Crippen LogP contribution in [0.3, 0.4) is 0 Å². The molecule has 0 saturated carbocycles. The van der Waals surface area contributed by atoms with Crippen LogP contribution in [0.1, 0.15) is 31.9 Å². The highest BCUT2D eigenvalue weighted by atomic mass is 14.5. The van der Waals surface area contributed by atoms with Gasteiger partial charge in [0, 0.05) is 5.41 Å². The Morgan fingerprint density at radius 2 is 1.15 bits per heavy atom. The van der Waals surface area contributed by atoms with Gasteiger partial charge < -0.3 is 0 Å². The second-order valence-corrected chi connectivity index (χ2v) is 5.91. The Balaban J connectivity index is 2.11. The van der Waals surface area contributed by atoms with Crippen molar-refractivity contribution >= 4 is 11.1 Å². The average molecular weight is 260 g/mol. The molecule has 1 aliphatic carbocycles. The van der Waals surface area contributed by atoms with E-state index < -0.39 is 0 Å². The smallest absolute Gasteiger partial charge is 0.0374 e. The third-order valence-electron chi connectivity index (χ3n) is 3.93. The van der Waals surface area contributed by atoms with Crippen LogP contribution in [0, 0.1) is 5.41 Å². The zero-order valence-electron chi connectivity index (χ0n) is 12.4. The van der Waals surface area contributed by atoms with Crippen molar-refractivity contribution in [3.05, 3.63) is 83.4 Å². The van der Waals surface area contributed by atoms with Crippen LogP contribution >= 0.6 is 0 Å². The Bertz CT molecular complexity index is 619. The number of hydrogen-bond donors (Lipinski definition) is 0. The highest BCUT2D eigenvalue weighted by molar-refractivity contribution is 6.15. The standard InChI is InChI=1S/C20H20/c1-15(2)14-20(3)18(16-10-6-4-7-11-16)19(20)17-12-8-5-9-13-17/h4-14H,1-3H3. The van der Waals surface area contributed by atoms with Gasteiger partial charge in [0.2, 0.25) is 0 Å². The van der Waals surface area contributed by atoms with Crippen LogP contribution < -0.4 is 0 Å². The quantitative estimate of drug-likeness (QED) is 0.632. The SMILES string of the molecule is CC(C)=CC1(C)C(c2ccccc2)=C1c1ccccc1. The van der Waals surface area contributed by atoms with Gasteiger partial charge in [-0.3, -0.25) is 0 Å². The molecular weight excluding hydrogens is 240 g/mol. The molecule has 0 spiro atoms. The van der Waals surface area contributed by atoms with Crippen LogP contribution in [0.15, 0.2) is 72.3 Å². The topological polar surface area (TPSA) is 0 Å². The predicted octanol–water partition coefficient (Wildman–Crippen LogP) is 5.58. The molecule has 0 saturated heterocycles. The molecule has 0 aromatic heterocycles. The Hall–Kier alpha value is -2.08. The van der Waals surface area contributed by atoms with Crippen molar-refractivity contribution < 1.29 is 0 Å². The highest BCUT2D eigenvalue weighted by Gasteiger charge is 2.48. The van der Waals surface area contributed by atoms with Crippen LogP contribution in [0.25, 0.3) is 11.1 Å². The summed E-state index contributed by atoms with van der Waals surface area (Å²) in [6.07, 6.45) is 2.39. The van der Waals surface area contributed by atoms with Crippen molar-refractivity contribution in [1.82, 2.24) is 0 Å². The first-order valence-corrected chi connectivity index (χ1v) is 7.15. The first-order valence-electron chi connectivity index (χ1n) is 7.15. The molecule has 3 rings (SSSR count). The first-order chi connectivity index (χ1) is 9.63. The van der Waals surface area contributed by atoms with Gasteiger partial charge in [-0.25, -0.2) is 0 Å². The summed E-state index contributed by atoms with van der Waals surface area (Å²) in [5.41, 5.74) is 7.06. The summed E-state index contributed by atoms with van der Waals surface area (Å²) in [7, 11) is 0. The zero-order chi connectivity index (χ0) is 14.2. The van der Waals surface area contributed by atoms with E-state index in [1.165, 1.54) is 27.8 Å². The second kappa shape index (κ2) is 4.79. The maximum absolute atomic E-state index is 2.39. The van der Waals surface area contributed by atoms with Crippen LogP contribution in [-0.2, 0) is 0 Å². The molecule has 2 aromatic carbocycles. The van der Waals surface area contributed by atoms with E-state index in [4.69, 9.17) is 0 Å². The van der Waals surface area contributed by atoms with E-state index in [0.29, 0.717) is 0 Å². The molecule has 2 aromatic rings. The van der Waals surface area contributed by atoms with Crippen LogP contribution in [0.4, 0.5) is 0 Å². The minimum Gasteiger partial charge on any atom is -0.0792 e. The van der Waals surface area contributed by atoms with Crippen molar-refractivity contribution in [3.8, 4) is 0 Å². The zero-order valence-corrected chi connectivity index (χ0v) is 12.4. The fourth-order valence-corrected chi connectivity index (χ4v) is 3.21. The molecule has 0 fully saturated rings. The van der Waals surface area contributed by atoms with E-state index in [9.17, 15) is 0 Å². The molecular formula is C20H20. The maximum atomic E-state index is 2.39. The molecule has 0 atom stereocenters. The molecule has 0 radical (unpaired) electrons. The van der Waals surface area contributed by atoms with E-state index in [1.807, 2.05) is 0 Å². The molecule has 0 aliphatic heterocycles. The van der Waals surface area contributed by atoms with Gasteiger partial charge in [-0.15, -0.1) is 0 Å². The Labute approximate surface area is 121 Å². The van der Waals surface area contributed by atoms with Crippen molar-refractivity contribution in [2.45, 2.75) is 20.8 Å². The number of rotatable bonds is 3. The monoisotopic (exact) mass is 260 g/mol. The predicted molar refractivity (Wildman–Crippen MR) is 87.2 cm³/mol. The van der Waals surface area contributed by atoms with Gasteiger partial charge in [0.05, 0.1) is 0 Å². The first kappa shape index (κ1) is 12.9. The number of hydrogen-bond acceptors (Lipinski definition) is 0. The molecule has 0 amide bonds. The molecule has 0 heterocycles. The largest absolute Gasteiger partial charge is 0.0792 e. The van der Waals surface area contributed by atoms with Crippen LogP contribution in [-0.4, -0.2) is 0 Å². The van der Waals surface area contributed by atoms with E-state index >= 15 is 0 Å². The number of benzene rings is 2. The Morgan fingerprint density at radius 1 is 0.750 bits per heavy atom. The minimum absolute atomic E-state index is 0.0849. The molecule has 0 bridgehead atoms. The van der Waals surface area contributed by atoms with Crippen molar-refractivity contribution in [2.24, 2.45) is 5.41 Å². The molecule has 0 unspecified atom stereocenters. The Morgan fingerprint density at radius 3 is 1.50 bits per heavy atom. The van der Waals surface area contributed by atoms with E-state index in [2.05, 4.69) is 87.5 Å². The third-order valence-corrected chi connectivity index (χ3v) is 3.93. The van der Waals surface area contributed by atoms with Gasteiger partial charge in [0.1, 0.15) is 0 Å². The lowest BCUT2D eigenvalue weighted by Crippen LogP contribution is -1.97. The van der Waals surface area contributed by atoms with E-state index in [0.717, 1.165) is 0 Å². The van der Waals surface area contributed by atoms with Gasteiger partial charge in [0.15, 0.2) is 0 Å². The summed E-state index contributed by atoms with van der Waals surface area (Å²) in [5.74, 6) is 0. The highest BCUT2D eigenvalue weighted by Crippen LogP contribution is 2.64. The lowest BCUT2D eigenvalue weighted by molar-refractivity contribution is 0.852. The van der Waals surface area contributed by atoms with Crippen molar-refractivity contribution in [1.29, 1.82) is 0 Å². The summed E-state index contributed by atoms with van der Waals surface area (Å²) in [4.78, 5) is 0. The summed E-state index contributed by atoms with van der Waals surface area (Å²) in [5, 5.41) is 0. The van der Waals surface area contributed by atoms with E-state index in [-0.39, 0.29) is 5.41 Å². The van der Waals surface area contributed by atoms with Gasteiger partial charge in [-0.1, -0.05) is 72.3 Å². The van der Waals surface area contributed by atoms with Gasteiger partial charge in [-0.05, 0) is 43.0 Å². The van der Waals surface area contributed by atoms with Crippen molar-refractivity contribution in [2.75, 3.05) is 0 Å². The normalized spacial score (nSPS) is 15.9. The lowest BCUT2D eigenvalue weighted by atomic mass is 9.93. The Kier molecular flexibility index (Phi) is 3.10. The molecule has 0 heteroatoms. The minimum atomic E-state index is 0.0849.